The zero-order chi connectivity index (χ0) is 14.3. The molecular weight excluding hydrogens is 254 g/mol. The minimum absolute atomic E-state index is 0.190. The minimum Gasteiger partial charge on any atom is -0.461 e. The van der Waals surface area contributed by atoms with E-state index in [4.69, 9.17) is 4.42 Å². The van der Waals surface area contributed by atoms with Gasteiger partial charge >= 0.3 is 0 Å². The van der Waals surface area contributed by atoms with E-state index in [9.17, 15) is 4.79 Å². The fourth-order valence-electron chi connectivity index (χ4n) is 2.36. The number of rotatable bonds is 3. The molecule has 0 spiro atoms. The Bertz CT molecular complexity index is 770. The normalized spacial score (nSPS) is 11.4. The molecular formula is C15H15N3O2. The molecule has 0 fully saturated rings. The molecule has 0 N–H and O–H groups in total. The minimum atomic E-state index is 0.190. The van der Waals surface area contributed by atoms with Gasteiger partial charge < -0.3 is 8.98 Å². The molecule has 3 heterocycles. The Labute approximate surface area is 116 Å². The van der Waals surface area contributed by atoms with E-state index in [-0.39, 0.29) is 5.92 Å². The third kappa shape index (κ3) is 1.82. The van der Waals surface area contributed by atoms with E-state index in [1.165, 1.54) is 0 Å². The van der Waals surface area contributed by atoms with Crippen LogP contribution >= 0.6 is 0 Å². The van der Waals surface area contributed by atoms with Crippen molar-refractivity contribution in [3.63, 3.8) is 0 Å². The van der Waals surface area contributed by atoms with E-state index in [0.717, 1.165) is 23.0 Å². The first-order chi connectivity index (χ1) is 9.61. The van der Waals surface area contributed by atoms with E-state index in [1.54, 1.807) is 18.5 Å². The van der Waals surface area contributed by atoms with Gasteiger partial charge in [0.05, 0.1) is 17.3 Å². The van der Waals surface area contributed by atoms with E-state index < -0.39 is 0 Å². The maximum absolute atomic E-state index is 11.2. The molecule has 3 aromatic rings. The largest absolute Gasteiger partial charge is 0.461 e. The molecule has 0 atom stereocenters. The third-order valence-electron chi connectivity index (χ3n) is 3.29. The quantitative estimate of drug-likeness (QED) is 0.685. The Morgan fingerprint density at radius 2 is 2.15 bits per heavy atom. The summed E-state index contributed by atoms with van der Waals surface area (Å²) in [4.78, 5) is 20.4. The van der Waals surface area contributed by atoms with Crippen LogP contribution in [0.2, 0.25) is 0 Å². The van der Waals surface area contributed by atoms with Crippen LogP contribution in [0.15, 0.2) is 29.0 Å². The first kappa shape index (κ1) is 12.6. The average molecular weight is 269 g/mol. The molecule has 0 aliphatic carbocycles. The molecule has 0 radical (unpaired) electrons. The monoisotopic (exact) mass is 269 g/mol. The summed E-state index contributed by atoms with van der Waals surface area (Å²) in [6.45, 7) is 4.10. The molecule has 0 aromatic carbocycles. The highest BCUT2D eigenvalue weighted by Crippen LogP contribution is 2.29. The summed E-state index contributed by atoms with van der Waals surface area (Å²) in [7, 11) is 1.87. The van der Waals surface area contributed by atoms with Crippen LogP contribution in [-0.4, -0.2) is 20.8 Å². The second-order valence-electron chi connectivity index (χ2n) is 5.08. The van der Waals surface area contributed by atoms with Crippen molar-refractivity contribution in [3.8, 4) is 11.6 Å². The van der Waals surface area contributed by atoms with Crippen molar-refractivity contribution in [2.75, 3.05) is 0 Å². The van der Waals surface area contributed by atoms with Crippen molar-refractivity contribution in [3.05, 3.63) is 35.9 Å². The number of carbonyl (C=O) groups is 1. The van der Waals surface area contributed by atoms with Gasteiger partial charge in [-0.3, -0.25) is 4.79 Å². The molecule has 3 rings (SSSR count). The molecule has 0 aliphatic heterocycles. The lowest BCUT2D eigenvalue weighted by atomic mass is 10.0. The Morgan fingerprint density at radius 1 is 1.35 bits per heavy atom. The molecule has 102 valence electrons. The van der Waals surface area contributed by atoms with Crippen LogP contribution in [0.5, 0.6) is 0 Å². The van der Waals surface area contributed by atoms with Crippen LogP contribution in [-0.2, 0) is 7.05 Å². The van der Waals surface area contributed by atoms with E-state index >= 15 is 0 Å². The van der Waals surface area contributed by atoms with Crippen molar-refractivity contribution in [1.82, 2.24) is 14.5 Å². The highest BCUT2D eigenvalue weighted by atomic mass is 16.3. The summed E-state index contributed by atoms with van der Waals surface area (Å²) in [5.74, 6) is 1.36. The average Bonchev–Trinajstić information content (AvgIpc) is 3.06. The van der Waals surface area contributed by atoms with E-state index in [1.807, 2.05) is 17.7 Å². The molecule has 0 aliphatic rings. The molecule has 20 heavy (non-hydrogen) atoms. The molecule has 0 unspecified atom stereocenters. The number of hydrogen-bond acceptors (Lipinski definition) is 4. The second-order valence-corrected chi connectivity index (χ2v) is 5.08. The number of carbonyl (C=O) groups excluding carboxylic acids is 1. The maximum Gasteiger partial charge on any atom is 0.197 e. The number of nitrogens with zero attached hydrogens (tertiary/aromatic N) is 3. The van der Waals surface area contributed by atoms with Crippen LogP contribution in [0.3, 0.4) is 0 Å². The van der Waals surface area contributed by atoms with Crippen LogP contribution in [0.25, 0.3) is 22.6 Å². The van der Waals surface area contributed by atoms with Gasteiger partial charge in [-0.15, -0.1) is 0 Å². The predicted molar refractivity (Wildman–Crippen MR) is 75.7 cm³/mol. The highest BCUT2D eigenvalue weighted by Gasteiger charge is 2.18. The molecule has 0 saturated carbocycles. The van der Waals surface area contributed by atoms with Crippen molar-refractivity contribution in [2.45, 2.75) is 19.8 Å². The Morgan fingerprint density at radius 3 is 2.75 bits per heavy atom. The molecule has 0 amide bonds. The fourth-order valence-corrected chi connectivity index (χ4v) is 2.36. The van der Waals surface area contributed by atoms with E-state index in [0.29, 0.717) is 17.1 Å². The topological polar surface area (TPSA) is 60.9 Å². The highest BCUT2D eigenvalue weighted by molar-refractivity contribution is 5.98. The predicted octanol–water partition coefficient (Wildman–Crippen LogP) is 3.16. The van der Waals surface area contributed by atoms with E-state index in [2.05, 4.69) is 23.8 Å². The molecule has 0 saturated heterocycles. The van der Waals surface area contributed by atoms with Gasteiger partial charge in [-0.2, -0.15) is 0 Å². The Kier molecular flexibility index (Phi) is 2.89. The van der Waals surface area contributed by atoms with Gasteiger partial charge in [0.25, 0.3) is 0 Å². The summed E-state index contributed by atoms with van der Waals surface area (Å²) in [5, 5.41) is 0.827. The summed E-state index contributed by atoms with van der Waals surface area (Å²) in [5.41, 5.74) is 2.23. The van der Waals surface area contributed by atoms with Gasteiger partial charge in [-0.05, 0) is 18.1 Å². The molecule has 0 bridgehead atoms. The first-order valence-electron chi connectivity index (χ1n) is 6.48. The van der Waals surface area contributed by atoms with Crippen LogP contribution in [0, 0.1) is 0 Å². The zero-order valence-electron chi connectivity index (χ0n) is 11.6. The second kappa shape index (κ2) is 4.59. The van der Waals surface area contributed by atoms with Crippen molar-refractivity contribution in [1.29, 1.82) is 0 Å². The van der Waals surface area contributed by atoms with Crippen LogP contribution < -0.4 is 0 Å². The fraction of sp³-hybridized carbons (Fsp3) is 0.267. The van der Waals surface area contributed by atoms with Gasteiger partial charge in [0.15, 0.2) is 17.9 Å². The molecule has 5 heteroatoms. The zero-order valence-corrected chi connectivity index (χ0v) is 11.6. The lowest BCUT2D eigenvalue weighted by Gasteiger charge is -2.09. The molecule has 5 nitrogen and oxygen atoms in total. The number of aldehydes is 1. The van der Waals surface area contributed by atoms with Gasteiger partial charge in [0.1, 0.15) is 5.65 Å². The number of aryl methyl sites for hydroxylation is 1. The third-order valence-corrected chi connectivity index (χ3v) is 3.29. The standard InChI is InChI=1S/C15H15N3O2/c1-9(2)13-12-10(8-19)7-18(3)15(12)17-14(16-13)11-5-4-6-20-11/h4-9H,1-3H3. The van der Waals surface area contributed by atoms with Crippen molar-refractivity contribution in [2.24, 2.45) is 7.05 Å². The Hall–Kier alpha value is -2.43. The lowest BCUT2D eigenvalue weighted by Crippen LogP contribution is -2.01. The Balaban J connectivity index is 2.38. The summed E-state index contributed by atoms with van der Waals surface area (Å²) in [6.07, 6.45) is 4.23. The van der Waals surface area contributed by atoms with Gasteiger partial charge in [0.2, 0.25) is 0 Å². The van der Waals surface area contributed by atoms with Crippen LogP contribution in [0.4, 0.5) is 0 Å². The summed E-state index contributed by atoms with van der Waals surface area (Å²) < 4.78 is 7.22. The smallest absolute Gasteiger partial charge is 0.197 e. The number of furan rings is 1. The maximum atomic E-state index is 11.2. The summed E-state index contributed by atoms with van der Waals surface area (Å²) >= 11 is 0. The molecule has 3 aromatic heterocycles. The lowest BCUT2D eigenvalue weighted by molar-refractivity contribution is 0.112. The number of fused-ring (bicyclic) bond motifs is 1. The number of hydrogen-bond donors (Lipinski definition) is 0. The van der Waals surface area contributed by atoms with Crippen LogP contribution in [0.1, 0.15) is 35.8 Å². The summed E-state index contributed by atoms with van der Waals surface area (Å²) in [6, 6.07) is 3.63. The van der Waals surface area contributed by atoms with Gasteiger partial charge in [-0.25, -0.2) is 9.97 Å². The van der Waals surface area contributed by atoms with Crippen molar-refractivity contribution >= 4 is 17.3 Å². The van der Waals surface area contributed by atoms with Gasteiger partial charge in [0, 0.05) is 18.8 Å². The number of aromatic nitrogens is 3. The first-order valence-corrected chi connectivity index (χ1v) is 6.48. The van der Waals surface area contributed by atoms with Crippen molar-refractivity contribution < 1.29 is 9.21 Å². The van der Waals surface area contributed by atoms with Gasteiger partial charge in [-0.1, -0.05) is 13.8 Å². The SMILES string of the molecule is CC(C)c1nc(-c2ccco2)nc2c1c(C=O)cn2C.